The Morgan fingerprint density at radius 3 is 1.23 bits per heavy atom. The van der Waals surface area contributed by atoms with Gasteiger partial charge in [-0.15, -0.1) is 0 Å². The first-order chi connectivity index (χ1) is 29.5. The second kappa shape index (κ2) is 47.7. The topological polar surface area (TPSA) is 78.9 Å². The van der Waals surface area contributed by atoms with Crippen molar-refractivity contribution in [1.82, 2.24) is 0 Å². The minimum absolute atomic E-state index is 0.124. The van der Waals surface area contributed by atoms with E-state index in [-0.39, 0.29) is 38.0 Å². The Balaban J connectivity index is 4.59. The molecular formula is C54H86O6. The van der Waals surface area contributed by atoms with E-state index in [0.29, 0.717) is 19.3 Å². The fourth-order valence-corrected chi connectivity index (χ4v) is 6.05. The monoisotopic (exact) mass is 831 g/mol. The maximum atomic E-state index is 12.7. The van der Waals surface area contributed by atoms with Crippen LogP contribution >= 0.6 is 0 Å². The van der Waals surface area contributed by atoms with Crippen LogP contribution in [0.2, 0.25) is 0 Å². The number of rotatable bonds is 41. The smallest absolute Gasteiger partial charge is 0.306 e. The predicted molar refractivity (Wildman–Crippen MR) is 256 cm³/mol. The van der Waals surface area contributed by atoms with Crippen LogP contribution in [0.4, 0.5) is 0 Å². The third-order valence-electron chi connectivity index (χ3n) is 9.64. The van der Waals surface area contributed by atoms with Crippen molar-refractivity contribution in [3.63, 3.8) is 0 Å². The first-order valence-electron chi connectivity index (χ1n) is 24.0. The zero-order valence-corrected chi connectivity index (χ0v) is 38.4. The Hall–Kier alpha value is -3.93. The number of unbranched alkanes of at least 4 members (excludes halogenated alkanes) is 16. The maximum Gasteiger partial charge on any atom is 0.306 e. The Kier molecular flexibility index (Phi) is 44.6. The first-order valence-corrected chi connectivity index (χ1v) is 24.0. The summed E-state index contributed by atoms with van der Waals surface area (Å²) in [6.07, 6.45) is 63.7. The van der Waals surface area contributed by atoms with Crippen LogP contribution in [0, 0.1) is 0 Å². The fraction of sp³-hybridized carbons (Fsp3) is 0.611. The molecule has 0 aliphatic rings. The molecule has 0 spiro atoms. The summed E-state index contributed by atoms with van der Waals surface area (Å²) in [5, 5.41) is 0. The Morgan fingerprint density at radius 2 is 0.733 bits per heavy atom. The zero-order valence-electron chi connectivity index (χ0n) is 38.4. The normalized spacial score (nSPS) is 13.1. The summed E-state index contributed by atoms with van der Waals surface area (Å²) in [6.45, 7) is 6.33. The lowest BCUT2D eigenvalue weighted by molar-refractivity contribution is -0.167. The van der Waals surface area contributed by atoms with Crippen molar-refractivity contribution < 1.29 is 28.6 Å². The van der Waals surface area contributed by atoms with E-state index >= 15 is 0 Å². The number of carbonyl (C=O) groups is 3. The highest BCUT2D eigenvalue weighted by atomic mass is 16.6. The number of hydrogen-bond acceptors (Lipinski definition) is 6. The van der Waals surface area contributed by atoms with Crippen molar-refractivity contribution in [2.24, 2.45) is 0 Å². The van der Waals surface area contributed by atoms with Crippen LogP contribution in [0.1, 0.15) is 194 Å². The molecule has 60 heavy (non-hydrogen) atoms. The summed E-state index contributed by atoms with van der Waals surface area (Å²) in [5.74, 6) is -1.07. The number of carbonyl (C=O) groups excluding carboxylic acids is 3. The molecule has 0 aromatic carbocycles. The van der Waals surface area contributed by atoms with Crippen LogP contribution in [0.15, 0.2) is 109 Å². The van der Waals surface area contributed by atoms with Gasteiger partial charge in [-0.1, -0.05) is 214 Å². The third-order valence-corrected chi connectivity index (χ3v) is 9.64. The molecule has 0 bridgehead atoms. The van der Waals surface area contributed by atoms with E-state index in [0.717, 1.165) is 57.8 Å². The minimum atomic E-state index is -0.835. The Morgan fingerprint density at radius 1 is 0.367 bits per heavy atom. The number of esters is 3. The van der Waals surface area contributed by atoms with E-state index in [1.54, 1.807) is 0 Å². The summed E-state index contributed by atoms with van der Waals surface area (Å²) in [4.78, 5) is 37.8. The van der Waals surface area contributed by atoms with E-state index in [9.17, 15) is 14.4 Å². The minimum Gasteiger partial charge on any atom is -0.462 e. The van der Waals surface area contributed by atoms with Gasteiger partial charge in [0.25, 0.3) is 0 Å². The van der Waals surface area contributed by atoms with Crippen molar-refractivity contribution in [3.05, 3.63) is 109 Å². The predicted octanol–water partition coefficient (Wildman–Crippen LogP) is 15.6. The van der Waals surface area contributed by atoms with E-state index in [1.807, 2.05) is 54.7 Å². The standard InChI is InChI=1S/C54H86O6/c1-4-7-10-13-16-19-22-25-26-27-28-30-32-35-38-41-44-47-53(56)59-50-51(49-58-52(55)46-43-40-37-34-31-24-21-18-15-12-9-6-3)60-54(57)48-45-42-39-36-33-29-23-20-17-14-11-8-5-2/h8,11,14,16-17,19-20,23,25-26,28-30,33,35-36,38-39,51H,4-7,9-10,12-13,15,18,21-22,24,27,31-32,34,37,40-50H2,1-3H3/b11-8-,17-14-,19-16-,23-20-,26-25-,30-28-,33-29-,38-35-,39-36-. The summed E-state index contributed by atoms with van der Waals surface area (Å²) in [6, 6.07) is 0. The molecular weight excluding hydrogens is 745 g/mol. The summed E-state index contributed by atoms with van der Waals surface area (Å²) in [7, 11) is 0. The van der Waals surface area contributed by atoms with Gasteiger partial charge in [-0.05, 0) is 70.6 Å². The molecule has 0 aliphatic heterocycles. The number of allylic oxidation sites excluding steroid dienone is 18. The highest BCUT2D eigenvalue weighted by Crippen LogP contribution is 2.13. The van der Waals surface area contributed by atoms with Crippen LogP contribution < -0.4 is 0 Å². The quantitative estimate of drug-likeness (QED) is 0.0201. The van der Waals surface area contributed by atoms with Gasteiger partial charge in [-0.3, -0.25) is 14.4 Å². The molecule has 6 nitrogen and oxygen atoms in total. The lowest BCUT2D eigenvalue weighted by Crippen LogP contribution is -2.30. The summed E-state index contributed by atoms with van der Waals surface area (Å²) in [5.41, 5.74) is 0. The molecule has 0 amide bonds. The zero-order chi connectivity index (χ0) is 43.7. The lowest BCUT2D eigenvalue weighted by Gasteiger charge is -2.18. The number of hydrogen-bond donors (Lipinski definition) is 0. The molecule has 0 N–H and O–H groups in total. The van der Waals surface area contributed by atoms with Gasteiger partial charge in [0.05, 0.1) is 0 Å². The second-order valence-corrected chi connectivity index (χ2v) is 15.4. The molecule has 0 rings (SSSR count). The van der Waals surface area contributed by atoms with Crippen LogP contribution in [0.5, 0.6) is 0 Å². The largest absolute Gasteiger partial charge is 0.462 e. The van der Waals surface area contributed by atoms with E-state index in [1.165, 1.54) is 83.5 Å². The highest BCUT2D eigenvalue weighted by Gasteiger charge is 2.19. The fourth-order valence-electron chi connectivity index (χ4n) is 6.05. The molecule has 1 atom stereocenters. The van der Waals surface area contributed by atoms with Gasteiger partial charge in [0.15, 0.2) is 6.10 Å². The molecule has 1 unspecified atom stereocenters. The second-order valence-electron chi connectivity index (χ2n) is 15.4. The van der Waals surface area contributed by atoms with Gasteiger partial charge in [-0.25, -0.2) is 0 Å². The van der Waals surface area contributed by atoms with Crippen LogP contribution in [-0.4, -0.2) is 37.2 Å². The molecule has 338 valence electrons. The summed E-state index contributed by atoms with van der Waals surface area (Å²) >= 11 is 0. The van der Waals surface area contributed by atoms with Crippen LogP contribution in [0.25, 0.3) is 0 Å². The lowest BCUT2D eigenvalue weighted by atomic mass is 10.0. The van der Waals surface area contributed by atoms with Crippen LogP contribution in [0.3, 0.4) is 0 Å². The third kappa shape index (κ3) is 45.2. The van der Waals surface area contributed by atoms with Gasteiger partial charge in [0.1, 0.15) is 13.2 Å². The molecule has 0 saturated carbocycles. The highest BCUT2D eigenvalue weighted by molar-refractivity contribution is 5.71. The van der Waals surface area contributed by atoms with E-state index < -0.39 is 12.1 Å². The molecule has 6 heteroatoms. The van der Waals surface area contributed by atoms with Crippen molar-refractivity contribution >= 4 is 17.9 Å². The molecule has 0 saturated heterocycles. The van der Waals surface area contributed by atoms with Crippen molar-refractivity contribution in [3.8, 4) is 0 Å². The van der Waals surface area contributed by atoms with Crippen molar-refractivity contribution in [2.75, 3.05) is 13.2 Å². The van der Waals surface area contributed by atoms with Crippen LogP contribution in [-0.2, 0) is 28.6 Å². The molecule has 0 heterocycles. The van der Waals surface area contributed by atoms with Gasteiger partial charge >= 0.3 is 17.9 Å². The molecule has 0 aliphatic carbocycles. The molecule has 0 aromatic heterocycles. The molecule has 0 fully saturated rings. The van der Waals surface area contributed by atoms with E-state index in [2.05, 4.69) is 75.5 Å². The average molecular weight is 831 g/mol. The molecule has 0 radical (unpaired) electrons. The Labute approximate surface area is 368 Å². The van der Waals surface area contributed by atoms with Gasteiger partial charge in [0.2, 0.25) is 0 Å². The maximum absolute atomic E-state index is 12.7. The number of ether oxygens (including phenoxy) is 3. The van der Waals surface area contributed by atoms with E-state index in [4.69, 9.17) is 14.2 Å². The van der Waals surface area contributed by atoms with Gasteiger partial charge in [-0.2, -0.15) is 0 Å². The van der Waals surface area contributed by atoms with Gasteiger partial charge in [0, 0.05) is 19.3 Å². The van der Waals surface area contributed by atoms with Gasteiger partial charge < -0.3 is 14.2 Å². The van der Waals surface area contributed by atoms with Crippen molar-refractivity contribution in [1.29, 1.82) is 0 Å². The SMILES string of the molecule is CC\C=C/C=C\C=C/C=C\C=C/CCCC(=O)OC(COC(=O)CCC/C=C\C/C=C\C/C=C\C/C=C\CCCCC)COC(=O)CCCCCCCCCCCCCC. The summed E-state index contributed by atoms with van der Waals surface area (Å²) < 4.78 is 16.6. The van der Waals surface area contributed by atoms with Crippen molar-refractivity contribution in [2.45, 2.75) is 200 Å². The first kappa shape index (κ1) is 56.1. The Bertz CT molecular complexity index is 1280. The average Bonchev–Trinajstić information content (AvgIpc) is 3.24. The molecule has 0 aromatic rings.